The first-order chi connectivity index (χ1) is 13.9. The van der Waals surface area contributed by atoms with E-state index in [-0.39, 0.29) is 31.0 Å². The predicted octanol–water partition coefficient (Wildman–Crippen LogP) is 4.21. The van der Waals surface area contributed by atoms with Gasteiger partial charge in [0.05, 0.1) is 30.3 Å². The standard InChI is InChI=1S/C20H23F3N2O4S/c1-14-9-10-18(29-2)17(12-14)24-19(26)8-5-11-25(30(3,27)28)16-7-4-6-15(13-16)20(21,22)23/h4,6-7,9-10,12-13H,5,8,11H2,1-3H3,(H,24,26). The van der Waals surface area contributed by atoms with E-state index in [9.17, 15) is 26.4 Å². The number of hydrogen-bond donors (Lipinski definition) is 1. The molecule has 0 bridgehead atoms. The molecule has 2 aromatic carbocycles. The number of sulfonamides is 1. The van der Waals surface area contributed by atoms with Gasteiger partial charge in [0.15, 0.2) is 0 Å². The highest BCUT2D eigenvalue weighted by atomic mass is 32.2. The molecule has 1 amide bonds. The minimum Gasteiger partial charge on any atom is -0.495 e. The number of methoxy groups -OCH3 is 1. The molecule has 0 saturated heterocycles. The fourth-order valence-electron chi connectivity index (χ4n) is 2.84. The second kappa shape index (κ2) is 9.38. The fourth-order valence-corrected chi connectivity index (χ4v) is 3.80. The Labute approximate surface area is 173 Å². The second-order valence-corrected chi connectivity index (χ2v) is 8.65. The number of ether oxygens (including phenoxy) is 1. The van der Waals surface area contributed by atoms with Crippen LogP contribution < -0.4 is 14.4 Å². The Kier molecular flexibility index (Phi) is 7.35. The maximum Gasteiger partial charge on any atom is 0.416 e. The van der Waals surface area contributed by atoms with Crippen molar-refractivity contribution >= 4 is 27.3 Å². The van der Waals surface area contributed by atoms with E-state index in [1.807, 2.05) is 13.0 Å². The zero-order valence-corrected chi connectivity index (χ0v) is 17.6. The summed E-state index contributed by atoms with van der Waals surface area (Å²) in [4.78, 5) is 12.3. The van der Waals surface area contributed by atoms with Crippen molar-refractivity contribution in [2.24, 2.45) is 0 Å². The summed E-state index contributed by atoms with van der Waals surface area (Å²) in [5, 5.41) is 2.70. The summed E-state index contributed by atoms with van der Waals surface area (Å²) < 4.78 is 69.1. The highest BCUT2D eigenvalue weighted by Gasteiger charge is 2.31. The van der Waals surface area contributed by atoms with Gasteiger partial charge in [-0.25, -0.2) is 8.42 Å². The Morgan fingerprint density at radius 1 is 1.17 bits per heavy atom. The van der Waals surface area contributed by atoms with Crippen LogP contribution in [0.3, 0.4) is 0 Å². The van der Waals surface area contributed by atoms with E-state index in [0.717, 1.165) is 34.3 Å². The zero-order valence-electron chi connectivity index (χ0n) is 16.8. The smallest absolute Gasteiger partial charge is 0.416 e. The largest absolute Gasteiger partial charge is 0.495 e. The lowest BCUT2D eigenvalue weighted by Crippen LogP contribution is -2.31. The topological polar surface area (TPSA) is 75.7 Å². The number of rotatable bonds is 8. The average Bonchev–Trinajstić information content (AvgIpc) is 2.64. The zero-order chi connectivity index (χ0) is 22.5. The highest BCUT2D eigenvalue weighted by molar-refractivity contribution is 7.92. The van der Waals surface area contributed by atoms with Gasteiger partial charge in [0.1, 0.15) is 5.75 Å². The Morgan fingerprint density at radius 2 is 1.87 bits per heavy atom. The van der Waals surface area contributed by atoms with Crippen LogP contribution in [-0.2, 0) is 21.0 Å². The van der Waals surface area contributed by atoms with E-state index < -0.39 is 21.8 Å². The first-order valence-electron chi connectivity index (χ1n) is 9.01. The molecule has 2 aromatic rings. The molecule has 6 nitrogen and oxygen atoms in total. The summed E-state index contributed by atoms with van der Waals surface area (Å²) in [6.07, 6.45) is -3.59. The molecular weight excluding hydrogens is 421 g/mol. The van der Waals surface area contributed by atoms with E-state index in [0.29, 0.717) is 11.4 Å². The van der Waals surface area contributed by atoms with Crippen LogP contribution in [-0.4, -0.2) is 34.2 Å². The lowest BCUT2D eigenvalue weighted by Gasteiger charge is -2.23. The number of benzene rings is 2. The Hall–Kier alpha value is -2.75. The summed E-state index contributed by atoms with van der Waals surface area (Å²) in [7, 11) is -2.37. The van der Waals surface area contributed by atoms with Gasteiger partial charge in [-0.2, -0.15) is 13.2 Å². The lowest BCUT2D eigenvalue weighted by molar-refractivity contribution is -0.137. The van der Waals surface area contributed by atoms with Crippen LogP contribution in [0.25, 0.3) is 0 Å². The maximum atomic E-state index is 13.0. The van der Waals surface area contributed by atoms with Crippen LogP contribution in [0.5, 0.6) is 5.75 Å². The maximum absolute atomic E-state index is 13.0. The van der Waals surface area contributed by atoms with Gasteiger partial charge in [-0.3, -0.25) is 9.10 Å². The monoisotopic (exact) mass is 444 g/mol. The summed E-state index contributed by atoms with van der Waals surface area (Å²) in [5.41, 5.74) is 0.352. The van der Waals surface area contributed by atoms with Crippen molar-refractivity contribution in [3.8, 4) is 5.75 Å². The minimum absolute atomic E-state index is 0.0257. The summed E-state index contributed by atoms with van der Waals surface area (Å²) in [5.74, 6) is 0.118. The van der Waals surface area contributed by atoms with E-state index in [1.54, 1.807) is 12.1 Å². The van der Waals surface area contributed by atoms with E-state index in [1.165, 1.54) is 13.2 Å². The number of carbonyl (C=O) groups excluding carboxylic acids is 1. The molecule has 0 unspecified atom stereocenters. The molecule has 0 saturated carbocycles. The number of anilines is 2. The van der Waals surface area contributed by atoms with Crippen molar-refractivity contribution in [2.75, 3.05) is 29.5 Å². The Morgan fingerprint density at radius 3 is 2.47 bits per heavy atom. The molecule has 0 aliphatic rings. The number of aryl methyl sites for hydroxylation is 1. The van der Waals surface area contributed by atoms with E-state index in [2.05, 4.69) is 5.32 Å². The van der Waals surface area contributed by atoms with Gasteiger partial charge in [0.25, 0.3) is 0 Å². The third kappa shape index (κ3) is 6.38. The van der Waals surface area contributed by atoms with E-state index in [4.69, 9.17) is 4.74 Å². The van der Waals surface area contributed by atoms with Crippen molar-refractivity contribution in [3.63, 3.8) is 0 Å². The van der Waals surface area contributed by atoms with Gasteiger partial charge >= 0.3 is 6.18 Å². The first-order valence-corrected chi connectivity index (χ1v) is 10.9. The molecular formula is C20H23F3N2O4S. The fraction of sp³-hybridized carbons (Fsp3) is 0.350. The molecule has 0 aromatic heterocycles. The number of nitrogens with one attached hydrogen (secondary N) is 1. The Bertz CT molecular complexity index is 1010. The molecule has 30 heavy (non-hydrogen) atoms. The molecule has 10 heteroatoms. The molecule has 1 N–H and O–H groups in total. The van der Waals surface area contributed by atoms with Crippen molar-refractivity contribution < 1.29 is 31.1 Å². The molecule has 0 atom stereocenters. The molecule has 0 spiro atoms. The predicted molar refractivity (Wildman–Crippen MR) is 109 cm³/mol. The molecule has 0 heterocycles. The molecule has 0 fully saturated rings. The van der Waals surface area contributed by atoms with Gasteiger partial charge in [-0.1, -0.05) is 12.1 Å². The third-order valence-electron chi connectivity index (χ3n) is 4.26. The van der Waals surface area contributed by atoms with Crippen molar-refractivity contribution in [2.45, 2.75) is 25.9 Å². The average molecular weight is 444 g/mol. The molecule has 0 aliphatic carbocycles. The van der Waals surface area contributed by atoms with Crippen LogP contribution in [0.2, 0.25) is 0 Å². The number of nitrogens with zero attached hydrogens (tertiary/aromatic N) is 1. The number of amides is 1. The Balaban J connectivity index is 2.08. The number of carbonyl (C=O) groups is 1. The normalized spacial score (nSPS) is 11.8. The molecule has 0 aliphatic heterocycles. The minimum atomic E-state index is -4.59. The van der Waals surface area contributed by atoms with Gasteiger partial charge in [0.2, 0.25) is 15.9 Å². The van der Waals surface area contributed by atoms with Crippen LogP contribution in [0, 0.1) is 6.92 Å². The molecule has 2 rings (SSSR count). The van der Waals surface area contributed by atoms with Crippen LogP contribution in [0.4, 0.5) is 24.5 Å². The van der Waals surface area contributed by atoms with Crippen molar-refractivity contribution in [1.82, 2.24) is 0 Å². The van der Waals surface area contributed by atoms with Crippen molar-refractivity contribution in [1.29, 1.82) is 0 Å². The third-order valence-corrected chi connectivity index (χ3v) is 5.45. The summed E-state index contributed by atoms with van der Waals surface area (Å²) >= 11 is 0. The number of halogens is 3. The van der Waals surface area contributed by atoms with Gasteiger partial charge in [0, 0.05) is 13.0 Å². The van der Waals surface area contributed by atoms with Crippen LogP contribution >= 0.6 is 0 Å². The summed E-state index contributed by atoms with van der Waals surface area (Å²) in [6.45, 7) is 1.71. The lowest BCUT2D eigenvalue weighted by atomic mass is 10.2. The van der Waals surface area contributed by atoms with Crippen molar-refractivity contribution in [3.05, 3.63) is 53.6 Å². The first kappa shape index (κ1) is 23.5. The van der Waals surface area contributed by atoms with Gasteiger partial charge in [-0.05, 0) is 49.2 Å². The second-order valence-electron chi connectivity index (χ2n) is 6.74. The molecule has 164 valence electrons. The SMILES string of the molecule is COc1ccc(C)cc1NC(=O)CCCN(c1cccc(C(F)(F)F)c1)S(C)(=O)=O. The van der Waals surface area contributed by atoms with E-state index >= 15 is 0 Å². The van der Waals surface area contributed by atoms with Gasteiger partial charge < -0.3 is 10.1 Å². The summed E-state index contributed by atoms with van der Waals surface area (Å²) in [6, 6.07) is 9.35. The van der Waals surface area contributed by atoms with Gasteiger partial charge in [-0.15, -0.1) is 0 Å². The quantitative estimate of drug-likeness (QED) is 0.662. The number of hydrogen-bond acceptors (Lipinski definition) is 4. The molecule has 0 radical (unpaired) electrons. The highest BCUT2D eigenvalue weighted by Crippen LogP contribution is 2.32. The van der Waals surface area contributed by atoms with Crippen LogP contribution in [0.15, 0.2) is 42.5 Å². The number of alkyl halides is 3. The van der Waals surface area contributed by atoms with Crippen LogP contribution in [0.1, 0.15) is 24.0 Å².